The number of aryl methyl sites for hydroxylation is 2. The molecule has 1 unspecified atom stereocenters. The standard InChI is InChI=1S/C13H18N4OS.C2H6/c1-10-5-12(7-15-6-10)18-8-11(14)9-19-13-16-3-4-17(13)2;1-2/h3-7,11H,8-9,14H2,1-2H3;1-2H3. The van der Waals surface area contributed by atoms with Gasteiger partial charge in [0.25, 0.3) is 0 Å². The molecule has 21 heavy (non-hydrogen) atoms. The predicted octanol–water partition coefficient (Wildman–Crippen LogP) is 2.65. The van der Waals surface area contributed by atoms with Crippen LogP contribution in [0.15, 0.2) is 36.0 Å². The molecule has 2 heterocycles. The SMILES string of the molecule is CC.Cc1cncc(OCC(N)CSc2nccn2C)c1. The van der Waals surface area contributed by atoms with Gasteiger partial charge < -0.3 is 15.0 Å². The van der Waals surface area contributed by atoms with E-state index in [0.29, 0.717) is 6.61 Å². The summed E-state index contributed by atoms with van der Waals surface area (Å²) in [6, 6.07) is 1.91. The van der Waals surface area contributed by atoms with Gasteiger partial charge in [0.2, 0.25) is 0 Å². The molecule has 0 fully saturated rings. The normalized spacial score (nSPS) is 11.5. The number of nitrogens with zero attached hydrogens (tertiary/aromatic N) is 3. The minimum absolute atomic E-state index is 0.0396. The summed E-state index contributed by atoms with van der Waals surface area (Å²) in [6.45, 7) is 6.46. The van der Waals surface area contributed by atoms with Gasteiger partial charge in [-0.15, -0.1) is 0 Å². The Hall–Kier alpha value is -1.53. The van der Waals surface area contributed by atoms with Crippen LogP contribution in [0.2, 0.25) is 0 Å². The molecule has 0 saturated heterocycles. The lowest BCUT2D eigenvalue weighted by Gasteiger charge is -2.12. The van der Waals surface area contributed by atoms with Crippen LogP contribution >= 0.6 is 11.8 Å². The minimum Gasteiger partial charge on any atom is -0.490 e. The Labute approximate surface area is 130 Å². The molecule has 0 radical (unpaired) electrons. The maximum atomic E-state index is 6.02. The van der Waals surface area contributed by atoms with Crippen molar-refractivity contribution in [2.45, 2.75) is 32.0 Å². The van der Waals surface area contributed by atoms with Crippen LogP contribution in [0.4, 0.5) is 0 Å². The molecule has 1 atom stereocenters. The summed E-state index contributed by atoms with van der Waals surface area (Å²) >= 11 is 1.63. The average Bonchev–Trinajstić information content (AvgIpc) is 2.90. The average molecular weight is 308 g/mol. The van der Waals surface area contributed by atoms with E-state index in [0.717, 1.165) is 22.2 Å². The van der Waals surface area contributed by atoms with Gasteiger partial charge in [-0.1, -0.05) is 25.6 Å². The number of pyridine rings is 1. The Morgan fingerprint density at radius 1 is 1.38 bits per heavy atom. The van der Waals surface area contributed by atoms with E-state index >= 15 is 0 Å². The van der Waals surface area contributed by atoms with Crippen molar-refractivity contribution in [2.75, 3.05) is 12.4 Å². The lowest BCUT2D eigenvalue weighted by Crippen LogP contribution is -2.30. The van der Waals surface area contributed by atoms with Gasteiger partial charge in [0, 0.05) is 37.4 Å². The van der Waals surface area contributed by atoms with Gasteiger partial charge in [-0.2, -0.15) is 0 Å². The van der Waals surface area contributed by atoms with Gasteiger partial charge >= 0.3 is 0 Å². The zero-order chi connectivity index (χ0) is 15.7. The highest BCUT2D eigenvalue weighted by Crippen LogP contribution is 2.16. The van der Waals surface area contributed by atoms with E-state index in [4.69, 9.17) is 10.5 Å². The fourth-order valence-corrected chi connectivity index (χ4v) is 2.39. The fraction of sp³-hybridized carbons (Fsp3) is 0.467. The molecule has 2 rings (SSSR count). The van der Waals surface area contributed by atoms with E-state index in [9.17, 15) is 0 Å². The maximum absolute atomic E-state index is 6.02. The second-order valence-electron chi connectivity index (χ2n) is 4.40. The molecule has 6 heteroatoms. The molecule has 2 aromatic heterocycles. The van der Waals surface area contributed by atoms with E-state index in [1.807, 2.05) is 44.6 Å². The molecule has 5 nitrogen and oxygen atoms in total. The number of rotatable bonds is 6. The van der Waals surface area contributed by atoms with Crippen LogP contribution in [0.25, 0.3) is 0 Å². The molecule has 0 bridgehead atoms. The summed E-state index contributed by atoms with van der Waals surface area (Å²) in [5.74, 6) is 1.53. The maximum Gasteiger partial charge on any atom is 0.167 e. The van der Waals surface area contributed by atoms with E-state index in [2.05, 4.69) is 9.97 Å². The Morgan fingerprint density at radius 2 is 2.14 bits per heavy atom. The molecule has 116 valence electrons. The zero-order valence-corrected chi connectivity index (χ0v) is 13.9. The van der Waals surface area contributed by atoms with Crippen molar-refractivity contribution >= 4 is 11.8 Å². The molecule has 0 amide bonds. The zero-order valence-electron chi connectivity index (χ0n) is 13.1. The van der Waals surface area contributed by atoms with Crippen molar-refractivity contribution < 1.29 is 4.74 Å². The van der Waals surface area contributed by atoms with E-state index in [1.54, 1.807) is 30.4 Å². The van der Waals surface area contributed by atoms with Crippen molar-refractivity contribution in [3.05, 3.63) is 36.4 Å². The number of hydrogen-bond acceptors (Lipinski definition) is 5. The largest absolute Gasteiger partial charge is 0.490 e. The molecule has 2 N–H and O–H groups in total. The quantitative estimate of drug-likeness (QED) is 0.831. The summed E-state index contributed by atoms with van der Waals surface area (Å²) in [5, 5.41) is 0.965. The molecule has 2 aromatic rings. The summed E-state index contributed by atoms with van der Waals surface area (Å²) in [4.78, 5) is 8.31. The van der Waals surface area contributed by atoms with Crippen molar-refractivity contribution in [3.8, 4) is 5.75 Å². The third-order valence-electron chi connectivity index (χ3n) is 2.52. The van der Waals surface area contributed by atoms with Gasteiger partial charge in [0.15, 0.2) is 5.16 Å². The first kappa shape index (κ1) is 17.5. The first-order chi connectivity index (χ1) is 10.1. The Kier molecular flexibility index (Phi) is 7.85. The molecular formula is C15H24N4OS. The highest BCUT2D eigenvalue weighted by Gasteiger charge is 2.07. The molecule has 0 spiro atoms. The highest BCUT2D eigenvalue weighted by atomic mass is 32.2. The Balaban J connectivity index is 0.00000106. The lowest BCUT2D eigenvalue weighted by molar-refractivity contribution is 0.296. The second kappa shape index (κ2) is 9.41. The number of thioether (sulfide) groups is 1. The summed E-state index contributed by atoms with van der Waals surface area (Å²) in [5.41, 5.74) is 7.10. The van der Waals surface area contributed by atoms with Crippen LogP contribution in [0.3, 0.4) is 0 Å². The van der Waals surface area contributed by atoms with Crippen LogP contribution in [0.5, 0.6) is 5.75 Å². The summed E-state index contributed by atoms with van der Waals surface area (Å²) in [6.07, 6.45) is 7.20. The predicted molar refractivity (Wildman–Crippen MR) is 87.7 cm³/mol. The van der Waals surface area contributed by atoms with Crippen LogP contribution in [-0.4, -0.2) is 32.9 Å². The van der Waals surface area contributed by atoms with Crippen molar-refractivity contribution in [1.29, 1.82) is 0 Å². The van der Waals surface area contributed by atoms with Gasteiger partial charge in [-0.05, 0) is 18.6 Å². The smallest absolute Gasteiger partial charge is 0.167 e. The second-order valence-corrected chi connectivity index (χ2v) is 5.39. The van der Waals surface area contributed by atoms with Crippen LogP contribution in [0.1, 0.15) is 19.4 Å². The van der Waals surface area contributed by atoms with Gasteiger partial charge in [-0.25, -0.2) is 4.98 Å². The number of imidazole rings is 1. The first-order valence-electron chi connectivity index (χ1n) is 7.05. The molecule has 0 aliphatic carbocycles. The topological polar surface area (TPSA) is 66.0 Å². The van der Waals surface area contributed by atoms with Crippen LogP contribution < -0.4 is 10.5 Å². The first-order valence-corrected chi connectivity index (χ1v) is 8.04. The number of hydrogen-bond donors (Lipinski definition) is 1. The van der Waals surface area contributed by atoms with E-state index < -0.39 is 0 Å². The van der Waals surface area contributed by atoms with Gasteiger partial charge in [0.1, 0.15) is 12.4 Å². The van der Waals surface area contributed by atoms with Crippen molar-refractivity contribution in [2.24, 2.45) is 12.8 Å². The molecular weight excluding hydrogens is 284 g/mol. The Morgan fingerprint density at radius 3 is 2.76 bits per heavy atom. The fourth-order valence-electron chi connectivity index (χ4n) is 1.53. The summed E-state index contributed by atoms with van der Waals surface area (Å²) in [7, 11) is 1.97. The van der Waals surface area contributed by atoms with Crippen LogP contribution in [0, 0.1) is 6.92 Å². The third kappa shape index (κ3) is 6.18. The monoisotopic (exact) mass is 308 g/mol. The van der Waals surface area contributed by atoms with Gasteiger partial charge in [-0.3, -0.25) is 4.98 Å². The number of ether oxygens (including phenoxy) is 1. The van der Waals surface area contributed by atoms with Gasteiger partial charge in [0.05, 0.1) is 6.20 Å². The molecule has 0 aromatic carbocycles. The highest BCUT2D eigenvalue weighted by molar-refractivity contribution is 7.99. The molecule has 0 aliphatic rings. The number of aromatic nitrogens is 3. The molecule has 0 saturated carbocycles. The summed E-state index contributed by atoms with van der Waals surface area (Å²) < 4.78 is 7.60. The van der Waals surface area contributed by atoms with Crippen molar-refractivity contribution in [1.82, 2.24) is 14.5 Å². The lowest BCUT2D eigenvalue weighted by atomic mass is 10.3. The van der Waals surface area contributed by atoms with Crippen LogP contribution in [-0.2, 0) is 7.05 Å². The van der Waals surface area contributed by atoms with Crippen molar-refractivity contribution in [3.63, 3.8) is 0 Å². The molecule has 0 aliphatic heterocycles. The Bertz CT molecular complexity index is 530. The van der Waals surface area contributed by atoms with E-state index in [-0.39, 0.29) is 6.04 Å². The number of nitrogens with two attached hydrogens (primary N) is 1. The minimum atomic E-state index is -0.0396. The van der Waals surface area contributed by atoms with E-state index in [1.165, 1.54) is 0 Å². The third-order valence-corrected chi connectivity index (χ3v) is 3.76.